The lowest BCUT2D eigenvalue weighted by molar-refractivity contribution is -0.325. The highest BCUT2D eigenvalue weighted by molar-refractivity contribution is 4.98. The molecule has 0 amide bonds. The third-order valence-electron chi connectivity index (χ3n) is 4.53. The third-order valence-corrected chi connectivity index (χ3v) is 4.53. The minimum absolute atomic E-state index is 0.0552. The van der Waals surface area contributed by atoms with Crippen LogP contribution in [-0.4, -0.2) is 49.1 Å². The number of halogens is 3. The van der Waals surface area contributed by atoms with Crippen molar-refractivity contribution in [3.05, 3.63) is 0 Å². The summed E-state index contributed by atoms with van der Waals surface area (Å²) in [6, 6.07) is 0.326. The molecule has 20 heavy (non-hydrogen) atoms. The van der Waals surface area contributed by atoms with Crippen molar-refractivity contribution >= 4 is 0 Å². The van der Waals surface area contributed by atoms with E-state index in [0.717, 1.165) is 25.9 Å². The van der Waals surface area contributed by atoms with Crippen LogP contribution in [-0.2, 0) is 4.74 Å². The van der Waals surface area contributed by atoms with Gasteiger partial charge in [-0.05, 0) is 18.8 Å². The first-order valence-electron chi connectivity index (χ1n) is 7.43. The Hall–Kier alpha value is -0.330. The van der Waals surface area contributed by atoms with Crippen molar-refractivity contribution in [1.82, 2.24) is 10.2 Å². The predicted molar refractivity (Wildman–Crippen MR) is 73.5 cm³/mol. The molecular formula is C14H27F3N2O. The van der Waals surface area contributed by atoms with Gasteiger partial charge in [0.15, 0.2) is 0 Å². The topological polar surface area (TPSA) is 24.5 Å². The van der Waals surface area contributed by atoms with Crippen LogP contribution < -0.4 is 5.32 Å². The van der Waals surface area contributed by atoms with Crippen LogP contribution in [0.25, 0.3) is 0 Å². The third kappa shape index (κ3) is 4.60. The quantitative estimate of drug-likeness (QED) is 0.815. The van der Waals surface area contributed by atoms with Gasteiger partial charge >= 0.3 is 6.36 Å². The Morgan fingerprint density at radius 3 is 2.35 bits per heavy atom. The van der Waals surface area contributed by atoms with Crippen LogP contribution in [0.1, 0.15) is 40.5 Å². The molecule has 6 heteroatoms. The van der Waals surface area contributed by atoms with Crippen LogP contribution in [0.3, 0.4) is 0 Å². The molecule has 0 bridgehead atoms. The van der Waals surface area contributed by atoms with Gasteiger partial charge < -0.3 is 5.32 Å². The molecule has 1 unspecified atom stereocenters. The summed E-state index contributed by atoms with van der Waals surface area (Å²) in [7, 11) is 0. The Morgan fingerprint density at radius 2 is 1.90 bits per heavy atom. The lowest BCUT2D eigenvalue weighted by Crippen LogP contribution is -2.65. The average molecular weight is 296 g/mol. The van der Waals surface area contributed by atoms with Gasteiger partial charge in [-0.2, -0.15) is 0 Å². The molecular weight excluding hydrogens is 269 g/mol. The van der Waals surface area contributed by atoms with E-state index in [1.54, 1.807) is 0 Å². The molecule has 1 fully saturated rings. The molecule has 120 valence electrons. The molecule has 0 saturated carbocycles. The standard InChI is InChI=1S/C14H27F3N2O/c1-5-13(6-2)10-18-12(11(3)4)9-19(13)7-8-20-14(15,16)17/h11-12,18H,5-10H2,1-4H3. The van der Waals surface area contributed by atoms with E-state index in [1.165, 1.54) is 0 Å². The predicted octanol–water partition coefficient (Wildman–Crippen LogP) is 3.01. The molecule has 0 radical (unpaired) electrons. The van der Waals surface area contributed by atoms with Crippen LogP contribution in [0.15, 0.2) is 0 Å². The Morgan fingerprint density at radius 1 is 1.30 bits per heavy atom. The van der Waals surface area contributed by atoms with Gasteiger partial charge in [-0.3, -0.25) is 9.64 Å². The van der Waals surface area contributed by atoms with Gasteiger partial charge in [0, 0.05) is 31.2 Å². The summed E-state index contributed by atoms with van der Waals surface area (Å²) in [4.78, 5) is 2.18. The average Bonchev–Trinajstić information content (AvgIpc) is 2.37. The summed E-state index contributed by atoms with van der Waals surface area (Å²) in [5.41, 5.74) is -0.0552. The Bertz CT molecular complexity index is 291. The number of nitrogens with one attached hydrogen (secondary N) is 1. The van der Waals surface area contributed by atoms with Crippen molar-refractivity contribution in [2.24, 2.45) is 5.92 Å². The van der Waals surface area contributed by atoms with E-state index >= 15 is 0 Å². The van der Waals surface area contributed by atoms with Gasteiger partial charge in [0.25, 0.3) is 0 Å². The first-order chi connectivity index (χ1) is 9.24. The van der Waals surface area contributed by atoms with Gasteiger partial charge in [0.05, 0.1) is 6.61 Å². The van der Waals surface area contributed by atoms with Crippen molar-refractivity contribution in [3.8, 4) is 0 Å². The number of piperazine rings is 1. The lowest BCUT2D eigenvalue weighted by Gasteiger charge is -2.50. The van der Waals surface area contributed by atoms with Gasteiger partial charge in [-0.1, -0.05) is 27.7 Å². The van der Waals surface area contributed by atoms with E-state index in [4.69, 9.17) is 0 Å². The summed E-state index contributed by atoms with van der Waals surface area (Å²) in [5, 5.41) is 3.54. The highest BCUT2D eigenvalue weighted by atomic mass is 19.4. The molecule has 1 saturated heterocycles. The number of ether oxygens (including phenoxy) is 1. The van der Waals surface area contributed by atoms with Crippen LogP contribution in [0.4, 0.5) is 13.2 Å². The molecule has 1 rings (SSSR count). The fourth-order valence-electron chi connectivity index (χ4n) is 2.92. The SMILES string of the molecule is CCC1(CC)CNC(C(C)C)CN1CCOC(F)(F)F. The Kier molecular flexibility index (Phi) is 6.28. The second-order valence-electron chi connectivity index (χ2n) is 5.90. The monoisotopic (exact) mass is 296 g/mol. The van der Waals surface area contributed by atoms with E-state index in [9.17, 15) is 13.2 Å². The summed E-state index contributed by atoms with van der Waals surface area (Å²) in [6.07, 6.45) is -2.69. The Balaban J connectivity index is 2.67. The highest BCUT2D eigenvalue weighted by Crippen LogP contribution is 2.28. The minimum atomic E-state index is -4.54. The van der Waals surface area contributed by atoms with E-state index in [0.29, 0.717) is 18.5 Å². The molecule has 0 aromatic heterocycles. The van der Waals surface area contributed by atoms with Gasteiger partial charge in [0.1, 0.15) is 0 Å². The normalized spacial score (nSPS) is 24.3. The van der Waals surface area contributed by atoms with E-state index < -0.39 is 6.36 Å². The van der Waals surface area contributed by atoms with Crippen LogP contribution in [0.5, 0.6) is 0 Å². The molecule has 0 spiro atoms. The summed E-state index contributed by atoms with van der Waals surface area (Å²) in [5.74, 6) is 0.466. The Labute approximate surface area is 119 Å². The number of rotatable bonds is 6. The molecule has 3 nitrogen and oxygen atoms in total. The smallest absolute Gasteiger partial charge is 0.311 e. The fraction of sp³-hybridized carbons (Fsp3) is 1.00. The van der Waals surface area contributed by atoms with Crippen LogP contribution >= 0.6 is 0 Å². The summed E-state index contributed by atoms with van der Waals surface area (Å²) in [6.45, 7) is 10.1. The second kappa shape index (κ2) is 7.09. The van der Waals surface area contributed by atoms with E-state index in [-0.39, 0.29) is 12.1 Å². The van der Waals surface area contributed by atoms with E-state index in [1.807, 2.05) is 0 Å². The second-order valence-corrected chi connectivity index (χ2v) is 5.90. The number of hydrogen-bond donors (Lipinski definition) is 1. The van der Waals surface area contributed by atoms with Crippen molar-refractivity contribution in [1.29, 1.82) is 0 Å². The van der Waals surface area contributed by atoms with Gasteiger partial charge in [-0.15, -0.1) is 13.2 Å². The maximum absolute atomic E-state index is 12.1. The molecule has 1 atom stereocenters. The number of alkyl halides is 3. The molecule has 0 aliphatic carbocycles. The summed E-state index contributed by atoms with van der Waals surface area (Å²) < 4.78 is 40.3. The molecule has 1 aliphatic rings. The summed E-state index contributed by atoms with van der Waals surface area (Å²) >= 11 is 0. The maximum atomic E-state index is 12.1. The number of hydrogen-bond acceptors (Lipinski definition) is 3. The minimum Gasteiger partial charge on any atom is -0.311 e. The maximum Gasteiger partial charge on any atom is 0.522 e. The molecule has 1 aliphatic heterocycles. The molecule has 0 aromatic rings. The van der Waals surface area contributed by atoms with Crippen LogP contribution in [0, 0.1) is 5.92 Å². The van der Waals surface area contributed by atoms with Gasteiger partial charge in [0.2, 0.25) is 0 Å². The van der Waals surface area contributed by atoms with Crippen molar-refractivity contribution in [2.75, 3.05) is 26.2 Å². The lowest BCUT2D eigenvalue weighted by atomic mass is 9.85. The number of nitrogens with zero attached hydrogens (tertiary/aromatic N) is 1. The molecule has 1 N–H and O–H groups in total. The zero-order valence-corrected chi connectivity index (χ0v) is 12.9. The van der Waals surface area contributed by atoms with Crippen molar-refractivity contribution < 1.29 is 17.9 Å². The first-order valence-corrected chi connectivity index (χ1v) is 7.43. The highest BCUT2D eigenvalue weighted by Gasteiger charge is 2.40. The van der Waals surface area contributed by atoms with Gasteiger partial charge in [-0.25, -0.2) is 0 Å². The fourth-order valence-corrected chi connectivity index (χ4v) is 2.92. The zero-order chi connectivity index (χ0) is 15.4. The van der Waals surface area contributed by atoms with Crippen molar-refractivity contribution in [2.45, 2.75) is 58.5 Å². The van der Waals surface area contributed by atoms with Crippen molar-refractivity contribution in [3.63, 3.8) is 0 Å². The zero-order valence-electron chi connectivity index (χ0n) is 12.9. The van der Waals surface area contributed by atoms with E-state index in [2.05, 4.69) is 42.6 Å². The largest absolute Gasteiger partial charge is 0.522 e. The molecule has 1 heterocycles. The first kappa shape index (κ1) is 17.7. The van der Waals surface area contributed by atoms with Crippen LogP contribution in [0.2, 0.25) is 0 Å². The molecule has 0 aromatic carbocycles.